The minimum atomic E-state index is 0.621. The molecule has 1 aliphatic rings. The molecular formula is C21H25N5O. The quantitative estimate of drug-likeness (QED) is 0.698. The predicted octanol–water partition coefficient (Wildman–Crippen LogP) is 3.98. The van der Waals surface area contributed by atoms with Gasteiger partial charge in [0.1, 0.15) is 5.82 Å². The zero-order chi connectivity index (χ0) is 18.8. The molecule has 1 fully saturated rings. The van der Waals surface area contributed by atoms with Gasteiger partial charge in [0.15, 0.2) is 0 Å². The van der Waals surface area contributed by atoms with Crippen LogP contribution in [0, 0.1) is 18.8 Å². The van der Waals surface area contributed by atoms with Gasteiger partial charge in [0.25, 0.3) is 0 Å². The first-order valence-electron chi connectivity index (χ1n) is 9.52. The molecule has 2 atom stereocenters. The zero-order valence-corrected chi connectivity index (χ0v) is 16.1. The predicted molar refractivity (Wildman–Crippen MR) is 104 cm³/mol. The summed E-state index contributed by atoms with van der Waals surface area (Å²) in [5.74, 6) is 3.48. The highest BCUT2D eigenvalue weighted by Crippen LogP contribution is 2.25. The average Bonchev–Trinajstić information content (AvgIpc) is 3.09. The second kappa shape index (κ2) is 7.56. The number of piperidine rings is 1. The van der Waals surface area contributed by atoms with Crippen LogP contribution < -0.4 is 0 Å². The molecule has 1 aromatic carbocycles. The van der Waals surface area contributed by atoms with E-state index in [2.05, 4.69) is 38.9 Å². The Balaban J connectivity index is 1.52. The van der Waals surface area contributed by atoms with Crippen LogP contribution in [0.4, 0.5) is 0 Å². The van der Waals surface area contributed by atoms with Gasteiger partial charge in [-0.2, -0.15) is 4.98 Å². The smallest absolute Gasteiger partial charge is 0.241 e. The van der Waals surface area contributed by atoms with Crippen molar-refractivity contribution in [2.45, 2.75) is 33.7 Å². The summed E-state index contributed by atoms with van der Waals surface area (Å²) >= 11 is 0. The second-order valence-corrected chi connectivity index (χ2v) is 7.72. The molecule has 0 aliphatic carbocycles. The topological polar surface area (TPSA) is 67.9 Å². The standard InChI is InChI=1S/C21H25N5O/c1-14-9-15(2)12-26(11-14)13-20-24-21(25-27-20)18-6-4-5-17(10-18)19-7-8-22-16(3)23-19/h4-8,10,14-15H,9,11-13H2,1-3H3/t14-,15+. The van der Waals surface area contributed by atoms with Crippen LogP contribution in [0.5, 0.6) is 0 Å². The Kier molecular flexibility index (Phi) is 4.99. The summed E-state index contributed by atoms with van der Waals surface area (Å²) in [7, 11) is 0. The van der Waals surface area contributed by atoms with Gasteiger partial charge in [-0.1, -0.05) is 37.2 Å². The number of likely N-dealkylation sites (tertiary alicyclic amines) is 1. The molecule has 4 rings (SSSR count). The van der Waals surface area contributed by atoms with Gasteiger partial charge in [0.05, 0.1) is 12.2 Å². The Morgan fingerprint density at radius 1 is 1.07 bits per heavy atom. The summed E-state index contributed by atoms with van der Waals surface area (Å²) in [5.41, 5.74) is 2.84. The minimum absolute atomic E-state index is 0.621. The number of rotatable bonds is 4. The highest BCUT2D eigenvalue weighted by molar-refractivity contribution is 5.67. The molecule has 0 radical (unpaired) electrons. The van der Waals surface area contributed by atoms with Crippen molar-refractivity contribution < 1.29 is 4.52 Å². The highest BCUT2D eigenvalue weighted by atomic mass is 16.5. The maximum atomic E-state index is 5.53. The van der Waals surface area contributed by atoms with E-state index < -0.39 is 0 Å². The number of aryl methyl sites for hydroxylation is 1. The van der Waals surface area contributed by atoms with Gasteiger partial charge in [0, 0.05) is 30.4 Å². The zero-order valence-electron chi connectivity index (χ0n) is 16.1. The molecule has 1 saturated heterocycles. The van der Waals surface area contributed by atoms with Gasteiger partial charge in [-0.15, -0.1) is 0 Å². The van der Waals surface area contributed by atoms with Crippen LogP contribution in [-0.2, 0) is 6.54 Å². The summed E-state index contributed by atoms with van der Waals surface area (Å²) in [5, 5.41) is 4.20. The van der Waals surface area contributed by atoms with Crippen molar-refractivity contribution in [2.24, 2.45) is 11.8 Å². The van der Waals surface area contributed by atoms with Crippen molar-refractivity contribution in [1.29, 1.82) is 0 Å². The first-order chi connectivity index (χ1) is 13.1. The summed E-state index contributed by atoms with van der Waals surface area (Å²) in [6, 6.07) is 9.97. The number of benzene rings is 1. The number of hydrogen-bond acceptors (Lipinski definition) is 6. The third-order valence-electron chi connectivity index (χ3n) is 4.96. The SMILES string of the molecule is Cc1nccc(-c2cccc(-c3noc(CN4C[C@H](C)C[C@H](C)C4)n3)c2)n1. The van der Waals surface area contributed by atoms with E-state index in [1.165, 1.54) is 6.42 Å². The van der Waals surface area contributed by atoms with Crippen molar-refractivity contribution in [2.75, 3.05) is 13.1 Å². The van der Waals surface area contributed by atoms with Gasteiger partial charge in [-0.3, -0.25) is 4.90 Å². The van der Waals surface area contributed by atoms with Crippen molar-refractivity contribution in [3.8, 4) is 22.6 Å². The van der Waals surface area contributed by atoms with E-state index >= 15 is 0 Å². The van der Waals surface area contributed by atoms with Crippen LogP contribution in [0.1, 0.15) is 32.0 Å². The van der Waals surface area contributed by atoms with Crippen LogP contribution in [0.15, 0.2) is 41.1 Å². The van der Waals surface area contributed by atoms with Crippen LogP contribution in [0.3, 0.4) is 0 Å². The Morgan fingerprint density at radius 3 is 2.63 bits per heavy atom. The van der Waals surface area contributed by atoms with Gasteiger partial charge >= 0.3 is 0 Å². The molecule has 3 aromatic rings. The molecule has 6 heteroatoms. The van der Waals surface area contributed by atoms with Gasteiger partial charge in [-0.05, 0) is 37.3 Å². The Bertz CT molecular complexity index is 912. The third kappa shape index (κ3) is 4.22. The molecule has 2 aromatic heterocycles. The third-order valence-corrected chi connectivity index (χ3v) is 4.96. The monoisotopic (exact) mass is 363 g/mol. The molecule has 1 aliphatic heterocycles. The minimum Gasteiger partial charge on any atom is -0.338 e. The number of aromatic nitrogens is 4. The lowest BCUT2D eigenvalue weighted by Crippen LogP contribution is -2.38. The van der Waals surface area contributed by atoms with Crippen LogP contribution in [0.2, 0.25) is 0 Å². The van der Waals surface area contributed by atoms with Gasteiger partial charge < -0.3 is 4.52 Å². The van der Waals surface area contributed by atoms with Crippen LogP contribution in [0.25, 0.3) is 22.6 Å². The highest BCUT2D eigenvalue weighted by Gasteiger charge is 2.23. The second-order valence-electron chi connectivity index (χ2n) is 7.72. The summed E-state index contributed by atoms with van der Waals surface area (Å²) in [4.78, 5) is 15.7. The lowest BCUT2D eigenvalue weighted by Gasteiger charge is -2.33. The molecule has 140 valence electrons. The summed E-state index contributed by atoms with van der Waals surface area (Å²) < 4.78 is 5.53. The lowest BCUT2D eigenvalue weighted by atomic mass is 9.92. The molecule has 0 unspecified atom stereocenters. The Labute approximate surface area is 159 Å². The Hall–Kier alpha value is -2.60. The molecule has 27 heavy (non-hydrogen) atoms. The van der Waals surface area contributed by atoms with E-state index in [9.17, 15) is 0 Å². The fourth-order valence-corrected chi connectivity index (χ4v) is 3.98. The van der Waals surface area contributed by atoms with E-state index in [0.29, 0.717) is 30.1 Å². The lowest BCUT2D eigenvalue weighted by molar-refractivity contribution is 0.121. The van der Waals surface area contributed by atoms with E-state index in [4.69, 9.17) is 4.52 Å². The molecule has 0 amide bonds. The van der Waals surface area contributed by atoms with Crippen molar-refractivity contribution in [3.05, 3.63) is 48.2 Å². The maximum Gasteiger partial charge on any atom is 0.241 e. The molecule has 0 N–H and O–H groups in total. The largest absolute Gasteiger partial charge is 0.338 e. The normalized spacial score (nSPS) is 20.7. The first kappa shape index (κ1) is 17.8. The van der Waals surface area contributed by atoms with Crippen LogP contribution in [-0.4, -0.2) is 38.1 Å². The summed E-state index contributed by atoms with van der Waals surface area (Å²) in [6.07, 6.45) is 3.07. The molecule has 0 spiro atoms. The summed E-state index contributed by atoms with van der Waals surface area (Å²) in [6.45, 7) is 9.40. The molecule has 0 bridgehead atoms. The average molecular weight is 363 g/mol. The maximum absolute atomic E-state index is 5.53. The molecule has 3 heterocycles. The fraction of sp³-hybridized carbons (Fsp3) is 0.429. The van der Waals surface area contributed by atoms with Crippen molar-refractivity contribution >= 4 is 0 Å². The first-order valence-corrected chi connectivity index (χ1v) is 9.52. The van der Waals surface area contributed by atoms with Crippen molar-refractivity contribution in [3.63, 3.8) is 0 Å². The van der Waals surface area contributed by atoms with Gasteiger partial charge in [0.2, 0.25) is 11.7 Å². The number of hydrogen-bond donors (Lipinski definition) is 0. The van der Waals surface area contributed by atoms with E-state index in [1.54, 1.807) is 6.20 Å². The van der Waals surface area contributed by atoms with E-state index in [0.717, 1.165) is 35.7 Å². The fourth-order valence-electron chi connectivity index (χ4n) is 3.98. The Morgan fingerprint density at radius 2 is 1.85 bits per heavy atom. The number of nitrogens with zero attached hydrogens (tertiary/aromatic N) is 5. The van der Waals surface area contributed by atoms with E-state index in [1.807, 2.05) is 37.3 Å². The van der Waals surface area contributed by atoms with Crippen molar-refractivity contribution in [1.82, 2.24) is 25.0 Å². The molecule has 0 saturated carbocycles. The molecule has 6 nitrogen and oxygen atoms in total. The van der Waals surface area contributed by atoms with Crippen LogP contribution >= 0.6 is 0 Å². The molecular weight excluding hydrogens is 338 g/mol. The van der Waals surface area contributed by atoms with Gasteiger partial charge in [-0.25, -0.2) is 9.97 Å². The van der Waals surface area contributed by atoms with E-state index in [-0.39, 0.29) is 0 Å².